The summed E-state index contributed by atoms with van der Waals surface area (Å²) in [4.78, 5) is 9.14. The van der Waals surface area contributed by atoms with Crippen LogP contribution in [-0.2, 0) is 32.9 Å². The Morgan fingerprint density at radius 1 is 0.896 bits per heavy atom. The summed E-state index contributed by atoms with van der Waals surface area (Å²) >= 11 is -1.90. The number of furan rings is 1. The minimum absolute atomic E-state index is 0. The van der Waals surface area contributed by atoms with E-state index in [4.69, 9.17) is 9.40 Å². The van der Waals surface area contributed by atoms with Crippen molar-refractivity contribution in [1.82, 2.24) is 9.97 Å². The zero-order valence-electron chi connectivity index (χ0n) is 28.9. The van der Waals surface area contributed by atoms with Crippen LogP contribution in [0.1, 0.15) is 57.6 Å². The number of aromatic nitrogens is 2. The summed E-state index contributed by atoms with van der Waals surface area (Å²) in [6.07, 6.45) is 11.3. The van der Waals surface area contributed by atoms with E-state index in [-0.39, 0.29) is 25.9 Å². The Kier molecular flexibility index (Phi) is 11.4. The van der Waals surface area contributed by atoms with Crippen LogP contribution in [0.4, 0.5) is 4.39 Å². The first-order valence-electron chi connectivity index (χ1n) is 16.9. The Hall–Kier alpha value is -3.12. The summed E-state index contributed by atoms with van der Waals surface area (Å²) < 4.78 is 22.6. The van der Waals surface area contributed by atoms with Crippen LogP contribution in [0, 0.1) is 29.3 Å². The van der Waals surface area contributed by atoms with E-state index in [1.807, 2.05) is 54.6 Å². The average molecular weight is 878 g/mol. The van der Waals surface area contributed by atoms with Crippen molar-refractivity contribution in [1.29, 1.82) is 0 Å². The molecule has 0 saturated heterocycles. The number of hydrogen-bond donors (Lipinski definition) is 0. The second kappa shape index (κ2) is 15.2. The van der Waals surface area contributed by atoms with Crippen molar-refractivity contribution in [2.75, 3.05) is 0 Å². The Bertz CT molecular complexity index is 1990. The quantitative estimate of drug-likeness (QED) is 0.124. The zero-order chi connectivity index (χ0) is 33.2. The molecule has 6 aromatic rings. The predicted molar refractivity (Wildman–Crippen MR) is 196 cm³/mol. The standard InChI is InChI=1S/C23H19FNO.C19H26GeN.Ir/c24-23-17(9-10-21-22(23)18-7-3-4-8-20(18)26-21)19-14-16(11-12-25-19)13-15-5-1-2-6-15;1-19(2,3)13-16-12-18(15-10-8-7-9-11-15)21-14-17(16)20(4,5)6;/h3-4,7-8,10-12,14-15H,1-2,5-6,13H2;7-10,12,14H,13H2,1-6H3;/q2*-1;. The van der Waals surface area contributed by atoms with Gasteiger partial charge in [0.2, 0.25) is 0 Å². The number of pyridine rings is 2. The molecule has 48 heavy (non-hydrogen) atoms. The minimum Gasteiger partial charge on any atom is -0.500 e. The van der Waals surface area contributed by atoms with E-state index >= 15 is 4.39 Å². The maximum atomic E-state index is 15.3. The van der Waals surface area contributed by atoms with Crippen molar-refractivity contribution in [3.8, 4) is 22.5 Å². The number of rotatable bonds is 6. The number of para-hydroxylation sites is 1. The minimum atomic E-state index is -1.90. The first-order chi connectivity index (χ1) is 22.5. The summed E-state index contributed by atoms with van der Waals surface area (Å²) in [5, 5.41) is 1.30. The molecule has 7 rings (SSSR count). The molecule has 0 N–H and O–H groups in total. The normalized spacial score (nSPS) is 13.7. The van der Waals surface area contributed by atoms with Gasteiger partial charge in [-0.2, -0.15) is 0 Å². The Morgan fingerprint density at radius 3 is 2.35 bits per heavy atom. The third kappa shape index (κ3) is 8.53. The van der Waals surface area contributed by atoms with Crippen molar-refractivity contribution in [2.24, 2.45) is 11.3 Å². The van der Waals surface area contributed by atoms with Gasteiger partial charge < -0.3 is 9.40 Å². The van der Waals surface area contributed by atoms with Gasteiger partial charge in [-0.15, -0.1) is 12.1 Å². The fourth-order valence-electron chi connectivity index (χ4n) is 6.78. The summed E-state index contributed by atoms with van der Waals surface area (Å²) in [5.74, 6) is 7.77. The van der Waals surface area contributed by atoms with Crippen molar-refractivity contribution in [3.05, 3.63) is 114 Å². The van der Waals surface area contributed by atoms with Crippen molar-refractivity contribution in [2.45, 2.75) is 76.6 Å². The van der Waals surface area contributed by atoms with E-state index in [0.29, 0.717) is 33.2 Å². The van der Waals surface area contributed by atoms with Gasteiger partial charge in [0.25, 0.3) is 0 Å². The molecule has 6 heteroatoms. The number of benzene rings is 3. The van der Waals surface area contributed by atoms with Crippen LogP contribution in [0.2, 0.25) is 17.3 Å². The molecule has 0 spiro atoms. The molecule has 1 fully saturated rings. The van der Waals surface area contributed by atoms with Gasteiger partial charge in [-0.25, -0.2) is 0 Å². The maximum absolute atomic E-state index is 15.3. The van der Waals surface area contributed by atoms with E-state index in [1.54, 1.807) is 12.3 Å². The molecule has 0 aliphatic heterocycles. The van der Waals surface area contributed by atoms with Crippen LogP contribution in [0.3, 0.4) is 0 Å². The molecule has 1 aliphatic rings. The predicted octanol–water partition coefficient (Wildman–Crippen LogP) is 11.0. The van der Waals surface area contributed by atoms with Gasteiger partial charge in [-0.1, -0.05) is 61.1 Å². The Balaban J connectivity index is 0.000000189. The van der Waals surface area contributed by atoms with E-state index in [9.17, 15) is 0 Å². The number of hydrogen-bond acceptors (Lipinski definition) is 3. The number of fused-ring (bicyclic) bond motifs is 3. The van der Waals surface area contributed by atoms with Gasteiger partial charge in [0.1, 0.15) is 5.58 Å². The van der Waals surface area contributed by atoms with Gasteiger partial charge in [0, 0.05) is 37.5 Å². The molecule has 0 amide bonds. The third-order valence-electron chi connectivity index (χ3n) is 8.99. The van der Waals surface area contributed by atoms with Crippen LogP contribution in [0.25, 0.3) is 44.5 Å². The molecule has 251 valence electrons. The summed E-state index contributed by atoms with van der Waals surface area (Å²) in [6.45, 7) is 6.92. The van der Waals surface area contributed by atoms with E-state index < -0.39 is 13.3 Å². The van der Waals surface area contributed by atoms with Crippen molar-refractivity contribution in [3.63, 3.8) is 0 Å². The molecule has 3 nitrogen and oxygen atoms in total. The summed E-state index contributed by atoms with van der Waals surface area (Å²) in [5.41, 5.74) is 7.41. The monoisotopic (exact) mass is 879 g/mol. The number of halogens is 1. The SMILES string of the molecule is CC(C)(C)Cc1cc(-c2[c-]cccc2)nc[c]1[Ge]([CH3])([CH3])[CH3].Fc1c(-c2cc(CC3CCCC3)ccn2)[c-]cc2oc3ccccc3c12.[Ir]. The van der Waals surface area contributed by atoms with Gasteiger partial charge in [-0.3, -0.25) is 4.39 Å². The van der Waals surface area contributed by atoms with Crippen molar-refractivity contribution < 1.29 is 28.9 Å². The molecule has 1 radical (unpaired) electrons. The Morgan fingerprint density at radius 2 is 1.65 bits per heavy atom. The molecule has 3 aromatic carbocycles. The van der Waals surface area contributed by atoms with Gasteiger partial charge >= 0.3 is 132 Å². The van der Waals surface area contributed by atoms with Gasteiger partial charge in [-0.05, 0) is 35.6 Å². The van der Waals surface area contributed by atoms with Gasteiger partial charge in [0.05, 0.1) is 5.58 Å². The first kappa shape index (κ1) is 36.2. The molecule has 3 aromatic heterocycles. The van der Waals surface area contributed by atoms with E-state index in [1.165, 1.54) is 41.2 Å². The topological polar surface area (TPSA) is 38.9 Å². The molecular weight excluding hydrogens is 832 g/mol. The van der Waals surface area contributed by atoms with Crippen LogP contribution in [0.15, 0.2) is 89.6 Å². The second-order valence-corrected chi connectivity index (χ2v) is 25.8. The molecular formula is C42H45FGeIrN2O-2. The zero-order valence-corrected chi connectivity index (χ0v) is 33.4. The Labute approximate surface area is 301 Å². The van der Waals surface area contributed by atoms with Crippen LogP contribution >= 0.6 is 0 Å². The molecule has 0 atom stereocenters. The van der Waals surface area contributed by atoms with E-state index in [0.717, 1.165) is 35.4 Å². The molecule has 1 aliphatic carbocycles. The average Bonchev–Trinajstić information content (AvgIpc) is 3.69. The van der Waals surface area contributed by atoms with Crippen LogP contribution < -0.4 is 4.40 Å². The summed E-state index contributed by atoms with van der Waals surface area (Å²) in [7, 11) is 0. The molecule has 3 heterocycles. The smallest absolute Gasteiger partial charge is 0.121 e. The van der Waals surface area contributed by atoms with Crippen LogP contribution in [-0.4, -0.2) is 23.2 Å². The maximum Gasteiger partial charge on any atom is 0.121 e. The third-order valence-corrected chi connectivity index (χ3v) is 13.3. The second-order valence-electron chi connectivity index (χ2n) is 15.2. The van der Waals surface area contributed by atoms with Crippen molar-refractivity contribution >= 4 is 39.6 Å². The summed E-state index contributed by atoms with van der Waals surface area (Å²) in [6, 6.07) is 30.0. The largest absolute Gasteiger partial charge is 0.500 e. The number of nitrogens with zero attached hydrogens (tertiary/aromatic N) is 2. The molecule has 0 unspecified atom stereocenters. The molecule has 1 saturated carbocycles. The van der Waals surface area contributed by atoms with E-state index in [2.05, 4.69) is 73.5 Å². The van der Waals surface area contributed by atoms with Crippen LogP contribution in [0.5, 0.6) is 0 Å². The molecule has 0 bridgehead atoms. The van der Waals surface area contributed by atoms with Gasteiger partial charge in [0.15, 0.2) is 0 Å². The fourth-order valence-corrected chi connectivity index (χ4v) is 10.1. The first-order valence-corrected chi connectivity index (χ1v) is 24.2. The fraction of sp³-hybridized carbons (Fsp3) is 0.333.